The van der Waals surface area contributed by atoms with E-state index < -0.39 is 0 Å². The normalized spacial score (nSPS) is 28.0. The lowest BCUT2D eigenvalue weighted by molar-refractivity contribution is 0.0730. The minimum Gasteiger partial charge on any atom is -0.390 e. The lowest BCUT2D eigenvalue weighted by Gasteiger charge is -2.37. The Morgan fingerprint density at radius 1 is 1.47 bits per heavy atom. The Morgan fingerprint density at radius 2 is 2.13 bits per heavy atom. The van der Waals surface area contributed by atoms with E-state index in [1.54, 1.807) is 0 Å². The van der Waals surface area contributed by atoms with Crippen LogP contribution in [0.25, 0.3) is 0 Å². The Labute approximate surface area is 93.9 Å². The summed E-state index contributed by atoms with van der Waals surface area (Å²) in [5.41, 5.74) is 0.159. The van der Waals surface area contributed by atoms with Gasteiger partial charge in [0, 0.05) is 25.2 Å². The lowest BCUT2D eigenvalue weighted by atomic mass is 10.0. The van der Waals surface area contributed by atoms with Crippen LogP contribution in [0.15, 0.2) is 0 Å². The van der Waals surface area contributed by atoms with Crippen molar-refractivity contribution >= 4 is 0 Å². The first-order valence-electron chi connectivity index (χ1n) is 6.05. The third-order valence-electron chi connectivity index (χ3n) is 3.20. The Hall–Kier alpha value is -0.120. The molecule has 1 unspecified atom stereocenters. The quantitative estimate of drug-likeness (QED) is 0.738. The number of hydrogen-bond acceptors (Lipinski definition) is 3. The third-order valence-corrected chi connectivity index (χ3v) is 3.20. The first kappa shape index (κ1) is 12.9. The second-order valence-corrected chi connectivity index (χ2v) is 5.73. The molecule has 0 aliphatic carbocycles. The largest absolute Gasteiger partial charge is 0.390 e. The zero-order valence-electron chi connectivity index (χ0n) is 10.6. The Bertz CT molecular complexity index is 192. The molecule has 2 N–H and O–H groups in total. The Balaban J connectivity index is 2.54. The van der Waals surface area contributed by atoms with Gasteiger partial charge in [-0.15, -0.1) is 0 Å². The summed E-state index contributed by atoms with van der Waals surface area (Å²) in [5, 5.41) is 13.1. The molecule has 15 heavy (non-hydrogen) atoms. The predicted octanol–water partition coefficient (Wildman–Crippen LogP) is 1.08. The van der Waals surface area contributed by atoms with Crippen LogP contribution in [0.2, 0.25) is 0 Å². The van der Waals surface area contributed by atoms with Crippen molar-refractivity contribution in [2.75, 3.05) is 26.2 Å². The number of nitrogens with zero attached hydrogens (tertiary/aromatic N) is 1. The van der Waals surface area contributed by atoms with Crippen molar-refractivity contribution in [2.24, 2.45) is 5.92 Å². The molecule has 0 aromatic heterocycles. The summed E-state index contributed by atoms with van der Waals surface area (Å²) < 4.78 is 0. The van der Waals surface area contributed by atoms with E-state index in [-0.39, 0.29) is 11.6 Å². The van der Waals surface area contributed by atoms with Crippen LogP contribution in [0.4, 0.5) is 0 Å². The third kappa shape index (κ3) is 4.09. The first-order chi connectivity index (χ1) is 6.92. The highest BCUT2D eigenvalue weighted by molar-refractivity contribution is 4.89. The molecule has 3 heteroatoms. The maximum atomic E-state index is 9.75. The second kappa shape index (κ2) is 5.28. The van der Waals surface area contributed by atoms with E-state index >= 15 is 0 Å². The van der Waals surface area contributed by atoms with Crippen LogP contribution in [0.5, 0.6) is 0 Å². The van der Waals surface area contributed by atoms with Crippen molar-refractivity contribution in [2.45, 2.75) is 45.8 Å². The van der Waals surface area contributed by atoms with Crippen LogP contribution in [0, 0.1) is 5.92 Å². The summed E-state index contributed by atoms with van der Waals surface area (Å²) >= 11 is 0. The van der Waals surface area contributed by atoms with Gasteiger partial charge in [0.1, 0.15) is 0 Å². The molecule has 1 saturated heterocycles. The highest BCUT2D eigenvalue weighted by atomic mass is 16.3. The second-order valence-electron chi connectivity index (χ2n) is 5.73. The molecule has 0 amide bonds. The van der Waals surface area contributed by atoms with E-state index in [9.17, 15) is 5.11 Å². The fourth-order valence-corrected chi connectivity index (χ4v) is 2.03. The van der Waals surface area contributed by atoms with Gasteiger partial charge in [0.25, 0.3) is 0 Å². The van der Waals surface area contributed by atoms with Crippen molar-refractivity contribution in [1.82, 2.24) is 10.2 Å². The summed E-state index contributed by atoms with van der Waals surface area (Å²) in [7, 11) is 0. The molecule has 0 spiro atoms. The first-order valence-corrected chi connectivity index (χ1v) is 6.05. The average molecular weight is 214 g/mol. The van der Waals surface area contributed by atoms with Crippen molar-refractivity contribution < 1.29 is 5.11 Å². The smallest absolute Gasteiger partial charge is 0.0791 e. The number of nitrogens with one attached hydrogen (secondary N) is 1. The van der Waals surface area contributed by atoms with Gasteiger partial charge in [-0.2, -0.15) is 0 Å². The van der Waals surface area contributed by atoms with Gasteiger partial charge in [0.2, 0.25) is 0 Å². The topological polar surface area (TPSA) is 35.5 Å². The summed E-state index contributed by atoms with van der Waals surface area (Å²) in [5.74, 6) is 0.731. The summed E-state index contributed by atoms with van der Waals surface area (Å²) in [6.45, 7) is 12.6. The van der Waals surface area contributed by atoms with E-state index in [0.29, 0.717) is 0 Å². The summed E-state index contributed by atoms with van der Waals surface area (Å²) in [6.07, 6.45) is 0.981. The van der Waals surface area contributed by atoms with Crippen molar-refractivity contribution in [1.29, 1.82) is 0 Å². The molecular weight excluding hydrogens is 188 g/mol. The van der Waals surface area contributed by atoms with Crippen LogP contribution in [-0.4, -0.2) is 47.8 Å². The molecule has 90 valence electrons. The summed E-state index contributed by atoms with van der Waals surface area (Å²) in [4.78, 5) is 2.41. The Kier molecular flexibility index (Phi) is 4.56. The number of hydrogen-bond donors (Lipinski definition) is 2. The number of aliphatic hydroxyl groups is 1. The van der Waals surface area contributed by atoms with E-state index in [1.165, 1.54) is 6.42 Å². The molecule has 0 radical (unpaired) electrons. The van der Waals surface area contributed by atoms with E-state index in [0.717, 1.165) is 32.1 Å². The van der Waals surface area contributed by atoms with Gasteiger partial charge in [-0.3, -0.25) is 4.90 Å². The molecule has 1 atom stereocenters. The van der Waals surface area contributed by atoms with Gasteiger partial charge >= 0.3 is 0 Å². The van der Waals surface area contributed by atoms with Crippen LogP contribution >= 0.6 is 0 Å². The highest BCUT2D eigenvalue weighted by Crippen LogP contribution is 2.18. The van der Waals surface area contributed by atoms with E-state index in [1.807, 2.05) is 0 Å². The van der Waals surface area contributed by atoms with Crippen molar-refractivity contribution in [3.8, 4) is 0 Å². The molecule has 0 aromatic rings. The average Bonchev–Trinajstić information content (AvgIpc) is 2.22. The van der Waals surface area contributed by atoms with Gasteiger partial charge in [-0.1, -0.05) is 13.8 Å². The minimum absolute atomic E-state index is 0.159. The van der Waals surface area contributed by atoms with E-state index in [4.69, 9.17) is 0 Å². The molecule has 1 rings (SSSR count). The van der Waals surface area contributed by atoms with Gasteiger partial charge in [-0.05, 0) is 32.7 Å². The van der Waals surface area contributed by atoms with Crippen LogP contribution < -0.4 is 5.32 Å². The van der Waals surface area contributed by atoms with Gasteiger partial charge in [0.05, 0.1) is 6.10 Å². The van der Waals surface area contributed by atoms with Gasteiger partial charge in [-0.25, -0.2) is 0 Å². The molecule has 0 bridgehead atoms. The lowest BCUT2D eigenvalue weighted by Crippen LogP contribution is -2.49. The van der Waals surface area contributed by atoms with Crippen LogP contribution in [0.1, 0.15) is 34.1 Å². The molecule has 1 heterocycles. The van der Waals surface area contributed by atoms with Gasteiger partial charge in [0.15, 0.2) is 0 Å². The Morgan fingerprint density at radius 3 is 2.73 bits per heavy atom. The zero-order valence-corrected chi connectivity index (χ0v) is 10.6. The monoisotopic (exact) mass is 214 g/mol. The van der Waals surface area contributed by atoms with Crippen molar-refractivity contribution in [3.63, 3.8) is 0 Å². The molecule has 3 nitrogen and oxygen atoms in total. The number of β-amino-alcohol motifs (C(OH)–C–C–N with tert-alkyl or cyclic N) is 1. The van der Waals surface area contributed by atoms with Crippen molar-refractivity contribution in [3.05, 3.63) is 0 Å². The minimum atomic E-state index is -0.223. The standard InChI is InChI=1S/C12H26N2O/c1-10(2)5-6-14-8-11(15)7-13-9-12(14,3)4/h10-11,13,15H,5-9H2,1-4H3. The molecular formula is C12H26N2O. The van der Waals surface area contributed by atoms with Gasteiger partial charge < -0.3 is 10.4 Å². The predicted molar refractivity (Wildman–Crippen MR) is 64.0 cm³/mol. The molecule has 0 aromatic carbocycles. The fraction of sp³-hybridized carbons (Fsp3) is 1.00. The van der Waals surface area contributed by atoms with Crippen LogP contribution in [0.3, 0.4) is 0 Å². The fourth-order valence-electron chi connectivity index (χ4n) is 2.03. The number of aliphatic hydroxyl groups excluding tert-OH is 1. The maximum absolute atomic E-state index is 9.75. The molecule has 1 aliphatic rings. The zero-order chi connectivity index (χ0) is 11.5. The van der Waals surface area contributed by atoms with E-state index in [2.05, 4.69) is 37.9 Å². The SMILES string of the molecule is CC(C)CCN1CC(O)CNCC1(C)C. The molecule has 1 fully saturated rings. The van der Waals surface area contributed by atoms with Crippen LogP contribution in [-0.2, 0) is 0 Å². The molecule has 0 saturated carbocycles. The highest BCUT2D eigenvalue weighted by Gasteiger charge is 2.30. The molecule has 1 aliphatic heterocycles. The summed E-state index contributed by atoms with van der Waals surface area (Å²) in [6, 6.07) is 0. The maximum Gasteiger partial charge on any atom is 0.0791 e. The number of rotatable bonds is 3.